The maximum absolute atomic E-state index is 12.7. The van der Waals surface area contributed by atoms with Gasteiger partial charge in [-0.15, -0.1) is 11.3 Å². The van der Waals surface area contributed by atoms with Gasteiger partial charge in [-0.05, 0) is 33.6 Å². The van der Waals surface area contributed by atoms with Crippen molar-refractivity contribution in [3.63, 3.8) is 0 Å². The summed E-state index contributed by atoms with van der Waals surface area (Å²) in [5.41, 5.74) is 1.92. The Morgan fingerprint density at radius 1 is 1.43 bits per heavy atom. The van der Waals surface area contributed by atoms with E-state index in [1.54, 1.807) is 0 Å². The van der Waals surface area contributed by atoms with Crippen LogP contribution in [0.5, 0.6) is 0 Å². The number of rotatable bonds is 2. The van der Waals surface area contributed by atoms with E-state index in [-0.39, 0.29) is 5.91 Å². The van der Waals surface area contributed by atoms with Crippen LogP contribution in [-0.2, 0) is 0 Å². The number of carbonyl (C=O) groups is 1. The standard InChI is InChI=1S/C15H20N4OS/c1-9-7-16-14(17-9)12-5-4-6-19(8-12)15(20)13-10(2)18-11(3)21-13/h7,12H,4-6,8H2,1-3H3,(H,16,17)/t12-/m0/s1. The van der Waals surface area contributed by atoms with Crippen molar-refractivity contribution in [3.8, 4) is 0 Å². The van der Waals surface area contributed by atoms with Crippen LogP contribution in [0.2, 0.25) is 0 Å². The molecule has 1 fully saturated rings. The summed E-state index contributed by atoms with van der Waals surface area (Å²) in [4.78, 5) is 27.5. The Labute approximate surface area is 128 Å². The first kappa shape index (κ1) is 14.3. The lowest BCUT2D eigenvalue weighted by Gasteiger charge is -2.31. The van der Waals surface area contributed by atoms with Crippen molar-refractivity contribution in [1.29, 1.82) is 0 Å². The molecule has 21 heavy (non-hydrogen) atoms. The second-order valence-electron chi connectivity index (χ2n) is 5.69. The lowest BCUT2D eigenvalue weighted by Crippen LogP contribution is -2.39. The van der Waals surface area contributed by atoms with Crippen LogP contribution < -0.4 is 0 Å². The number of nitrogens with one attached hydrogen (secondary N) is 1. The zero-order valence-corrected chi connectivity index (χ0v) is 13.5. The topological polar surface area (TPSA) is 61.9 Å². The molecule has 0 radical (unpaired) electrons. The van der Waals surface area contributed by atoms with E-state index in [0.29, 0.717) is 5.92 Å². The maximum atomic E-state index is 12.7. The fraction of sp³-hybridized carbons (Fsp3) is 0.533. The summed E-state index contributed by atoms with van der Waals surface area (Å²) in [5.74, 6) is 1.43. The summed E-state index contributed by atoms with van der Waals surface area (Å²) in [6.07, 6.45) is 3.96. The predicted molar refractivity (Wildman–Crippen MR) is 82.8 cm³/mol. The first-order valence-electron chi connectivity index (χ1n) is 7.29. The first-order valence-corrected chi connectivity index (χ1v) is 8.11. The minimum Gasteiger partial charge on any atom is -0.346 e. The Hall–Kier alpha value is -1.69. The number of H-pyrrole nitrogens is 1. The summed E-state index contributed by atoms with van der Waals surface area (Å²) < 4.78 is 0. The van der Waals surface area contributed by atoms with Gasteiger partial charge in [0.1, 0.15) is 10.7 Å². The molecule has 3 heterocycles. The number of carbonyl (C=O) groups excluding carboxylic acids is 1. The Morgan fingerprint density at radius 3 is 2.86 bits per heavy atom. The molecule has 1 atom stereocenters. The number of aryl methyl sites for hydroxylation is 3. The summed E-state index contributed by atoms with van der Waals surface area (Å²) in [5, 5.41) is 0.950. The third-order valence-electron chi connectivity index (χ3n) is 3.92. The molecule has 112 valence electrons. The van der Waals surface area contributed by atoms with Crippen molar-refractivity contribution in [1.82, 2.24) is 19.9 Å². The van der Waals surface area contributed by atoms with E-state index in [4.69, 9.17) is 0 Å². The summed E-state index contributed by atoms with van der Waals surface area (Å²) in [7, 11) is 0. The highest BCUT2D eigenvalue weighted by Gasteiger charge is 2.28. The molecule has 2 aromatic rings. The number of likely N-dealkylation sites (tertiary alicyclic amines) is 1. The second kappa shape index (κ2) is 5.60. The number of hydrogen-bond donors (Lipinski definition) is 1. The van der Waals surface area contributed by atoms with E-state index in [1.807, 2.05) is 31.9 Å². The van der Waals surface area contributed by atoms with Crippen LogP contribution in [0.1, 0.15) is 50.7 Å². The van der Waals surface area contributed by atoms with E-state index in [1.165, 1.54) is 11.3 Å². The Balaban J connectivity index is 1.77. The van der Waals surface area contributed by atoms with Gasteiger partial charge in [-0.3, -0.25) is 4.79 Å². The minimum absolute atomic E-state index is 0.117. The highest BCUT2D eigenvalue weighted by molar-refractivity contribution is 7.13. The van der Waals surface area contributed by atoms with Crippen molar-refractivity contribution >= 4 is 17.2 Å². The fourth-order valence-electron chi connectivity index (χ4n) is 2.90. The van der Waals surface area contributed by atoms with Crippen molar-refractivity contribution in [2.45, 2.75) is 39.5 Å². The molecule has 2 aromatic heterocycles. The fourth-order valence-corrected chi connectivity index (χ4v) is 3.79. The van der Waals surface area contributed by atoms with Gasteiger partial charge < -0.3 is 9.88 Å². The third kappa shape index (κ3) is 2.85. The van der Waals surface area contributed by atoms with Crippen molar-refractivity contribution in [3.05, 3.63) is 33.3 Å². The normalized spacial score (nSPS) is 19.0. The summed E-state index contributed by atoms with van der Waals surface area (Å²) >= 11 is 1.49. The maximum Gasteiger partial charge on any atom is 0.265 e. The molecule has 0 aliphatic carbocycles. The molecule has 1 N–H and O–H groups in total. The van der Waals surface area contributed by atoms with Gasteiger partial charge in [-0.1, -0.05) is 0 Å². The van der Waals surface area contributed by atoms with E-state index in [9.17, 15) is 4.79 Å². The van der Waals surface area contributed by atoms with Gasteiger partial charge >= 0.3 is 0 Å². The van der Waals surface area contributed by atoms with E-state index < -0.39 is 0 Å². The van der Waals surface area contributed by atoms with Gasteiger partial charge in [0, 0.05) is 30.9 Å². The molecule has 5 nitrogen and oxygen atoms in total. The van der Waals surface area contributed by atoms with Crippen molar-refractivity contribution in [2.75, 3.05) is 13.1 Å². The van der Waals surface area contributed by atoms with Crippen molar-refractivity contribution in [2.24, 2.45) is 0 Å². The number of aromatic nitrogens is 3. The molecule has 0 spiro atoms. The van der Waals surface area contributed by atoms with Crippen LogP contribution in [0.25, 0.3) is 0 Å². The van der Waals surface area contributed by atoms with Gasteiger partial charge in [-0.25, -0.2) is 9.97 Å². The quantitative estimate of drug-likeness (QED) is 0.928. The van der Waals surface area contributed by atoms with Crippen molar-refractivity contribution < 1.29 is 4.79 Å². The molecule has 0 unspecified atom stereocenters. The van der Waals surface area contributed by atoms with Gasteiger partial charge in [0.15, 0.2) is 0 Å². The number of thiazole rings is 1. The van der Waals surface area contributed by atoms with Crippen LogP contribution in [0, 0.1) is 20.8 Å². The predicted octanol–water partition coefficient (Wildman–Crippen LogP) is 2.81. The van der Waals surface area contributed by atoms with Gasteiger partial charge in [-0.2, -0.15) is 0 Å². The minimum atomic E-state index is 0.117. The van der Waals surface area contributed by atoms with Gasteiger partial charge in [0.25, 0.3) is 5.91 Å². The zero-order chi connectivity index (χ0) is 15.0. The lowest BCUT2D eigenvalue weighted by molar-refractivity contribution is 0.0708. The highest BCUT2D eigenvalue weighted by atomic mass is 32.1. The average Bonchev–Trinajstić information content (AvgIpc) is 3.04. The molecule has 0 bridgehead atoms. The molecule has 1 aliphatic heterocycles. The number of aromatic amines is 1. The molecular formula is C15H20N4OS. The molecule has 0 saturated carbocycles. The highest BCUT2D eigenvalue weighted by Crippen LogP contribution is 2.27. The number of hydrogen-bond acceptors (Lipinski definition) is 4. The van der Waals surface area contributed by atoms with E-state index in [0.717, 1.165) is 53.0 Å². The Kier molecular flexibility index (Phi) is 3.80. The molecular weight excluding hydrogens is 284 g/mol. The smallest absolute Gasteiger partial charge is 0.265 e. The van der Waals surface area contributed by atoms with Crippen LogP contribution in [0.3, 0.4) is 0 Å². The monoisotopic (exact) mass is 304 g/mol. The molecule has 1 aliphatic rings. The zero-order valence-electron chi connectivity index (χ0n) is 12.6. The molecule has 6 heteroatoms. The molecule has 1 amide bonds. The van der Waals surface area contributed by atoms with Crippen LogP contribution in [0.15, 0.2) is 6.20 Å². The summed E-state index contributed by atoms with van der Waals surface area (Å²) in [6.45, 7) is 7.42. The first-order chi connectivity index (χ1) is 10.0. The number of piperidine rings is 1. The number of amides is 1. The number of imidazole rings is 1. The Morgan fingerprint density at radius 2 is 2.24 bits per heavy atom. The second-order valence-corrected chi connectivity index (χ2v) is 6.89. The molecule has 1 saturated heterocycles. The largest absolute Gasteiger partial charge is 0.346 e. The van der Waals surface area contributed by atoms with Crippen LogP contribution in [0.4, 0.5) is 0 Å². The summed E-state index contributed by atoms with van der Waals surface area (Å²) in [6, 6.07) is 0. The molecule has 3 rings (SSSR count). The lowest BCUT2D eigenvalue weighted by atomic mass is 9.97. The number of nitrogens with zero attached hydrogens (tertiary/aromatic N) is 3. The van der Waals surface area contributed by atoms with Crippen LogP contribution in [-0.4, -0.2) is 38.8 Å². The van der Waals surface area contributed by atoms with E-state index in [2.05, 4.69) is 15.0 Å². The SMILES string of the molecule is Cc1cnc([C@H]2CCCN(C(=O)c3sc(C)nc3C)C2)[nH]1. The molecule has 0 aromatic carbocycles. The van der Waals surface area contributed by atoms with Gasteiger partial charge in [0.2, 0.25) is 0 Å². The third-order valence-corrected chi connectivity index (χ3v) is 4.98. The Bertz CT molecular complexity index is 660. The van der Waals surface area contributed by atoms with E-state index >= 15 is 0 Å². The van der Waals surface area contributed by atoms with Gasteiger partial charge in [0.05, 0.1) is 10.7 Å². The van der Waals surface area contributed by atoms with Crippen LogP contribution >= 0.6 is 11.3 Å². The average molecular weight is 304 g/mol.